The average molecular weight is 333 g/mol. The van der Waals surface area contributed by atoms with Crippen molar-refractivity contribution in [1.29, 1.82) is 0 Å². The summed E-state index contributed by atoms with van der Waals surface area (Å²) in [5.74, 6) is -0.961. The predicted octanol–water partition coefficient (Wildman–Crippen LogP) is 0.520. The van der Waals surface area contributed by atoms with Crippen LogP contribution in [0.1, 0.15) is 16.8 Å². The van der Waals surface area contributed by atoms with Crippen LogP contribution in [0.25, 0.3) is 0 Å². The number of nitrogens with two attached hydrogens (primary N) is 1. The second kappa shape index (κ2) is 5.63. The molecule has 1 aliphatic heterocycles. The van der Waals surface area contributed by atoms with Crippen LogP contribution < -0.4 is 10.0 Å². The number of carbonyl (C=O) groups is 2. The minimum atomic E-state index is -3.78. The molecule has 9 heteroatoms. The van der Waals surface area contributed by atoms with Gasteiger partial charge in [-0.25, -0.2) is 18.4 Å². The van der Waals surface area contributed by atoms with Crippen molar-refractivity contribution in [2.45, 2.75) is 11.7 Å². The molecule has 1 amide bonds. The number of amides is 1. The highest BCUT2D eigenvalue weighted by Crippen LogP contribution is 2.28. The number of hydrogen-bond donors (Lipinski definition) is 1. The lowest BCUT2D eigenvalue weighted by molar-refractivity contribution is -0.117. The van der Waals surface area contributed by atoms with Gasteiger partial charge in [-0.2, -0.15) is 0 Å². The minimum Gasteiger partial charge on any atom is -0.465 e. The van der Waals surface area contributed by atoms with E-state index in [2.05, 4.69) is 4.74 Å². The van der Waals surface area contributed by atoms with Gasteiger partial charge in [0.05, 0.1) is 17.7 Å². The van der Waals surface area contributed by atoms with Crippen molar-refractivity contribution >= 4 is 39.2 Å². The van der Waals surface area contributed by atoms with Gasteiger partial charge < -0.3 is 9.64 Å². The number of ether oxygens (including phenoxy) is 1. The van der Waals surface area contributed by atoms with Crippen LogP contribution >= 0.6 is 11.6 Å². The number of hydrogen-bond acceptors (Lipinski definition) is 5. The van der Waals surface area contributed by atoms with Crippen LogP contribution in [-0.4, -0.2) is 39.2 Å². The first-order valence-electron chi connectivity index (χ1n) is 5.94. The molecule has 1 atom stereocenters. The van der Waals surface area contributed by atoms with Gasteiger partial charge in [0.1, 0.15) is 5.25 Å². The Kier molecular flexibility index (Phi) is 4.22. The maximum atomic E-state index is 11.9. The van der Waals surface area contributed by atoms with Gasteiger partial charge in [0.15, 0.2) is 0 Å². The lowest BCUT2D eigenvalue weighted by Crippen LogP contribution is -2.32. The summed E-state index contributed by atoms with van der Waals surface area (Å²) >= 11 is 5.97. The Morgan fingerprint density at radius 3 is 2.62 bits per heavy atom. The van der Waals surface area contributed by atoms with Gasteiger partial charge in [-0.15, -0.1) is 0 Å². The summed E-state index contributed by atoms with van der Waals surface area (Å²) < 4.78 is 27.2. The van der Waals surface area contributed by atoms with E-state index in [1.165, 1.54) is 30.2 Å². The van der Waals surface area contributed by atoms with Gasteiger partial charge >= 0.3 is 5.97 Å². The molecule has 0 radical (unpaired) electrons. The van der Waals surface area contributed by atoms with Crippen LogP contribution in [0.2, 0.25) is 5.02 Å². The van der Waals surface area contributed by atoms with Crippen LogP contribution in [0.15, 0.2) is 18.2 Å². The Morgan fingerprint density at radius 2 is 2.14 bits per heavy atom. The molecule has 114 valence electrons. The van der Waals surface area contributed by atoms with E-state index in [4.69, 9.17) is 16.7 Å². The van der Waals surface area contributed by atoms with Crippen LogP contribution in [0.4, 0.5) is 5.69 Å². The van der Waals surface area contributed by atoms with E-state index in [0.717, 1.165) is 0 Å². The lowest BCUT2D eigenvalue weighted by Gasteiger charge is -2.17. The molecule has 1 heterocycles. The van der Waals surface area contributed by atoms with Crippen molar-refractivity contribution < 1.29 is 22.7 Å². The summed E-state index contributed by atoms with van der Waals surface area (Å²) in [7, 11) is -2.55. The molecule has 1 aromatic carbocycles. The van der Waals surface area contributed by atoms with Gasteiger partial charge in [0.2, 0.25) is 15.9 Å². The zero-order valence-corrected chi connectivity index (χ0v) is 12.6. The second-order valence-corrected chi connectivity index (χ2v) is 6.83. The molecule has 1 saturated heterocycles. The molecule has 1 unspecified atom stereocenters. The van der Waals surface area contributed by atoms with E-state index < -0.39 is 21.2 Å². The molecule has 21 heavy (non-hydrogen) atoms. The first kappa shape index (κ1) is 15.7. The number of nitrogens with zero attached hydrogens (tertiary/aromatic N) is 1. The number of carbonyl (C=O) groups excluding carboxylic acids is 2. The zero-order chi connectivity index (χ0) is 15.8. The normalized spacial score (nSPS) is 18.9. The number of halogens is 1. The molecule has 0 spiro atoms. The summed E-state index contributed by atoms with van der Waals surface area (Å²) in [5.41, 5.74) is 0.571. The fraction of sp³-hybridized carbons (Fsp3) is 0.333. The van der Waals surface area contributed by atoms with Gasteiger partial charge in [-0.05, 0) is 18.2 Å². The van der Waals surface area contributed by atoms with E-state index in [9.17, 15) is 18.0 Å². The number of benzene rings is 1. The second-order valence-electron chi connectivity index (χ2n) is 4.58. The molecule has 0 saturated carbocycles. The number of rotatable bonds is 3. The number of anilines is 1. The smallest absolute Gasteiger partial charge is 0.339 e. The van der Waals surface area contributed by atoms with E-state index in [0.29, 0.717) is 5.69 Å². The Bertz CT molecular complexity index is 704. The number of sulfonamides is 1. The third-order valence-corrected chi connectivity index (χ3v) is 4.78. The largest absolute Gasteiger partial charge is 0.465 e. The fourth-order valence-corrected chi connectivity index (χ4v) is 3.08. The standard InChI is InChI=1S/C12H13ClN2O5S/c1-20-12(17)9-3-2-7(4-10(9)13)15-6-8(5-11(15)16)21(14,18)19/h2-4,8H,5-6H2,1H3,(H2,14,18,19). The number of esters is 1. The van der Waals surface area contributed by atoms with Crippen molar-refractivity contribution in [3.05, 3.63) is 28.8 Å². The SMILES string of the molecule is COC(=O)c1ccc(N2CC(S(N)(=O)=O)CC2=O)cc1Cl. The van der Waals surface area contributed by atoms with E-state index >= 15 is 0 Å². The first-order valence-corrected chi connectivity index (χ1v) is 7.92. The Balaban J connectivity index is 2.30. The molecular formula is C12H13ClN2O5S. The third kappa shape index (κ3) is 3.17. The Morgan fingerprint density at radius 1 is 1.48 bits per heavy atom. The predicted molar refractivity (Wildman–Crippen MR) is 76.7 cm³/mol. The summed E-state index contributed by atoms with van der Waals surface area (Å²) in [6.45, 7) is -0.0361. The molecule has 2 N–H and O–H groups in total. The van der Waals surface area contributed by atoms with Crippen LogP contribution in [0, 0.1) is 0 Å². The minimum absolute atomic E-state index is 0.0361. The topological polar surface area (TPSA) is 107 Å². The van der Waals surface area contributed by atoms with E-state index in [-0.39, 0.29) is 29.5 Å². The van der Waals surface area contributed by atoms with Crippen LogP contribution in [0.3, 0.4) is 0 Å². The van der Waals surface area contributed by atoms with E-state index in [1.54, 1.807) is 0 Å². The fourth-order valence-electron chi connectivity index (χ4n) is 2.09. The highest BCUT2D eigenvalue weighted by Gasteiger charge is 2.37. The monoisotopic (exact) mass is 332 g/mol. The van der Waals surface area contributed by atoms with Crippen LogP contribution in [0.5, 0.6) is 0 Å². The van der Waals surface area contributed by atoms with Gasteiger partial charge in [-0.1, -0.05) is 11.6 Å². The number of primary sulfonamides is 1. The lowest BCUT2D eigenvalue weighted by atomic mass is 10.2. The van der Waals surface area contributed by atoms with Crippen LogP contribution in [-0.2, 0) is 19.6 Å². The maximum Gasteiger partial charge on any atom is 0.339 e. The average Bonchev–Trinajstić information content (AvgIpc) is 2.80. The highest BCUT2D eigenvalue weighted by atomic mass is 35.5. The summed E-state index contributed by atoms with van der Waals surface area (Å²) in [6.07, 6.45) is -0.171. The summed E-state index contributed by atoms with van der Waals surface area (Å²) in [6, 6.07) is 4.33. The van der Waals surface area contributed by atoms with Crippen molar-refractivity contribution in [2.24, 2.45) is 5.14 Å². The van der Waals surface area contributed by atoms with E-state index in [1.807, 2.05) is 0 Å². The molecule has 0 aliphatic carbocycles. The zero-order valence-electron chi connectivity index (χ0n) is 11.1. The Labute approximate surface area is 126 Å². The first-order chi connectivity index (χ1) is 9.74. The quantitative estimate of drug-likeness (QED) is 0.812. The van der Waals surface area contributed by atoms with Gasteiger partial charge in [0.25, 0.3) is 0 Å². The van der Waals surface area contributed by atoms with Crippen molar-refractivity contribution in [3.8, 4) is 0 Å². The third-order valence-electron chi connectivity index (χ3n) is 3.22. The molecule has 1 aliphatic rings. The Hall–Kier alpha value is -1.64. The molecular weight excluding hydrogens is 320 g/mol. The summed E-state index contributed by atoms with van der Waals surface area (Å²) in [5, 5.41) is 4.24. The molecule has 0 bridgehead atoms. The summed E-state index contributed by atoms with van der Waals surface area (Å²) in [4.78, 5) is 24.6. The van der Waals surface area contributed by atoms with Gasteiger partial charge in [-0.3, -0.25) is 4.79 Å². The molecule has 0 aromatic heterocycles. The number of methoxy groups -OCH3 is 1. The van der Waals surface area contributed by atoms with Crippen molar-refractivity contribution in [1.82, 2.24) is 0 Å². The molecule has 1 aromatic rings. The maximum absolute atomic E-state index is 11.9. The highest BCUT2D eigenvalue weighted by molar-refractivity contribution is 7.89. The molecule has 7 nitrogen and oxygen atoms in total. The van der Waals surface area contributed by atoms with Crippen molar-refractivity contribution in [2.75, 3.05) is 18.6 Å². The molecule has 2 rings (SSSR count). The molecule has 1 fully saturated rings. The van der Waals surface area contributed by atoms with Gasteiger partial charge in [0, 0.05) is 18.7 Å². The van der Waals surface area contributed by atoms with Crippen molar-refractivity contribution in [3.63, 3.8) is 0 Å².